The van der Waals surface area contributed by atoms with Crippen LogP contribution in [-0.4, -0.2) is 0 Å². The second-order valence-corrected chi connectivity index (χ2v) is 8.25. The van der Waals surface area contributed by atoms with Crippen LogP contribution in [0.15, 0.2) is 78.9 Å². The highest BCUT2D eigenvalue weighted by Crippen LogP contribution is 2.29. The zero-order valence-electron chi connectivity index (χ0n) is 18.0. The molecule has 0 aliphatic rings. The van der Waals surface area contributed by atoms with Crippen molar-refractivity contribution in [3.05, 3.63) is 96.1 Å². The lowest BCUT2D eigenvalue weighted by Crippen LogP contribution is -1.89. The number of benzene rings is 4. The average molecular weight is 415 g/mol. The lowest BCUT2D eigenvalue weighted by molar-refractivity contribution is 0.584. The third-order valence-corrected chi connectivity index (χ3v) is 5.93. The van der Waals surface area contributed by atoms with E-state index in [1.54, 1.807) is 0 Å². The second kappa shape index (κ2) is 9.87. The maximum atomic E-state index is 13.5. The summed E-state index contributed by atoms with van der Waals surface area (Å²) in [7, 11) is 0. The molecular formula is C29H28F2. The number of rotatable bonds is 8. The van der Waals surface area contributed by atoms with Crippen molar-refractivity contribution in [2.45, 2.75) is 45.4 Å². The smallest absolute Gasteiger partial charge is 0.126 e. The van der Waals surface area contributed by atoms with E-state index in [4.69, 9.17) is 0 Å². The normalized spacial score (nSPS) is 11.2. The summed E-state index contributed by atoms with van der Waals surface area (Å²) < 4.78 is 27.1. The minimum atomic E-state index is -0.560. The van der Waals surface area contributed by atoms with Crippen molar-refractivity contribution in [2.75, 3.05) is 0 Å². The topological polar surface area (TPSA) is 0 Å². The van der Waals surface area contributed by atoms with E-state index < -0.39 is 11.6 Å². The van der Waals surface area contributed by atoms with E-state index >= 15 is 0 Å². The van der Waals surface area contributed by atoms with Crippen molar-refractivity contribution >= 4 is 10.8 Å². The fourth-order valence-electron chi connectivity index (χ4n) is 4.24. The van der Waals surface area contributed by atoms with Crippen LogP contribution in [0, 0.1) is 11.6 Å². The first-order valence-corrected chi connectivity index (χ1v) is 11.2. The van der Waals surface area contributed by atoms with Gasteiger partial charge in [-0.05, 0) is 69.6 Å². The summed E-state index contributed by atoms with van der Waals surface area (Å²) in [5, 5.41) is 2.58. The minimum Gasteiger partial charge on any atom is -0.207 e. The Morgan fingerprint density at radius 1 is 0.581 bits per heavy atom. The fraction of sp³-hybridized carbons (Fsp3) is 0.241. The number of hydrogen-bond acceptors (Lipinski definition) is 0. The Balaban J connectivity index is 1.54. The molecule has 0 aromatic heterocycles. The summed E-state index contributed by atoms with van der Waals surface area (Å²) in [6, 6.07) is 24.7. The molecule has 0 nitrogen and oxygen atoms in total. The Morgan fingerprint density at radius 3 is 1.94 bits per heavy atom. The quantitative estimate of drug-likeness (QED) is 0.252. The fourth-order valence-corrected chi connectivity index (χ4v) is 4.24. The maximum Gasteiger partial charge on any atom is 0.126 e. The van der Waals surface area contributed by atoms with Crippen molar-refractivity contribution in [3.8, 4) is 22.3 Å². The lowest BCUT2D eigenvalue weighted by Gasteiger charge is -2.10. The first kappa shape index (κ1) is 21.2. The van der Waals surface area contributed by atoms with E-state index in [0.717, 1.165) is 29.2 Å². The number of aryl methyl sites for hydroxylation is 1. The van der Waals surface area contributed by atoms with Gasteiger partial charge in [0, 0.05) is 6.07 Å². The summed E-state index contributed by atoms with van der Waals surface area (Å²) in [6.07, 6.45) is 7.58. The molecule has 0 spiro atoms. The number of unbranched alkanes of at least 4 members (excludes halogenated alkanes) is 4. The number of hydrogen-bond donors (Lipinski definition) is 0. The molecule has 0 saturated carbocycles. The summed E-state index contributed by atoms with van der Waals surface area (Å²) >= 11 is 0. The predicted molar refractivity (Wildman–Crippen MR) is 127 cm³/mol. The Labute approximate surface area is 183 Å². The maximum absolute atomic E-state index is 13.5. The predicted octanol–water partition coefficient (Wildman–Crippen LogP) is 8.96. The van der Waals surface area contributed by atoms with Crippen molar-refractivity contribution in [1.29, 1.82) is 0 Å². The van der Waals surface area contributed by atoms with E-state index in [0.29, 0.717) is 5.56 Å². The molecule has 4 aromatic rings. The van der Waals surface area contributed by atoms with E-state index in [-0.39, 0.29) is 0 Å². The van der Waals surface area contributed by atoms with Crippen molar-refractivity contribution in [1.82, 2.24) is 0 Å². The van der Waals surface area contributed by atoms with Gasteiger partial charge in [0.15, 0.2) is 0 Å². The van der Waals surface area contributed by atoms with Crippen LogP contribution in [0.3, 0.4) is 0 Å². The summed E-state index contributed by atoms with van der Waals surface area (Å²) in [5.41, 5.74) is 5.00. The van der Waals surface area contributed by atoms with Crippen LogP contribution in [0.4, 0.5) is 8.78 Å². The average Bonchev–Trinajstić information content (AvgIpc) is 2.78. The van der Waals surface area contributed by atoms with Gasteiger partial charge < -0.3 is 0 Å². The van der Waals surface area contributed by atoms with Gasteiger partial charge in [0.25, 0.3) is 0 Å². The van der Waals surface area contributed by atoms with Gasteiger partial charge >= 0.3 is 0 Å². The molecule has 4 rings (SSSR count). The molecule has 0 radical (unpaired) electrons. The molecule has 2 heteroatoms. The molecule has 0 atom stereocenters. The van der Waals surface area contributed by atoms with Crippen molar-refractivity contribution < 1.29 is 8.78 Å². The Morgan fingerprint density at radius 2 is 1.23 bits per heavy atom. The summed E-state index contributed by atoms with van der Waals surface area (Å²) in [5.74, 6) is -1.12. The largest absolute Gasteiger partial charge is 0.207 e. The molecule has 0 bridgehead atoms. The Hall–Kier alpha value is -3.00. The molecule has 158 valence electrons. The highest BCUT2D eigenvalue weighted by atomic mass is 19.1. The van der Waals surface area contributed by atoms with Crippen LogP contribution in [-0.2, 0) is 6.42 Å². The molecule has 0 saturated heterocycles. The Kier molecular flexibility index (Phi) is 6.76. The second-order valence-electron chi connectivity index (χ2n) is 8.25. The SMILES string of the molecule is CCCCCCCc1cccc2cc(-c3ccc(-c4cc(F)cc(F)c4)cc3)ccc12. The standard InChI is InChI=1S/C29H28F2/c1-2-3-4-5-6-8-23-9-7-10-25-17-24(15-16-29(23)25)21-11-13-22(14-12-21)26-18-27(30)20-28(31)19-26/h7,9-20H,2-6,8H2,1H3. The van der Waals surface area contributed by atoms with Gasteiger partial charge in [0.1, 0.15) is 11.6 Å². The third-order valence-electron chi connectivity index (χ3n) is 5.93. The van der Waals surface area contributed by atoms with Gasteiger partial charge in [-0.25, -0.2) is 8.78 Å². The highest BCUT2D eigenvalue weighted by Gasteiger charge is 2.06. The molecule has 0 aliphatic heterocycles. The zero-order valence-corrected chi connectivity index (χ0v) is 18.0. The minimum absolute atomic E-state index is 0.547. The van der Waals surface area contributed by atoms with Crippen molar-refractivity contribution in [2.24, 2.45) is 0 Å². The van der Waals surface area contributed by atoms with Crippen LogP contribution < -0.4 is 0 Å². The van der Waals surface area contributed by atoms with E-state index in [2.05, 4.69) is 43.3 Å². The first-order valence-electron chi connectivity index (χ1n) is 11.2. The van der Waals surface area contributed by atoms with E-state index in [1.807, 2.05) is 24.3 Å². The van der Waals surface area contributed by atoms with Crippen molar-refractivity contribution in [3.63, 3.8) is 0 Å². The van der Waals surface area contributed by atoms with Gasteiger partial charge in [-0.2, -0.15) is 0 Å². The molecule has 0 fully saturated rings. The molecule has 0 amide bonds. The molecular weight excluding hydrogens is 386 g/mol. The molecule has 4 aromatic carbocycles. The molecule has 0 unspecified atom stereocenters. The van der Waals surface area contributed by atoms with E-state index in [9.17, 15) is 8.78 Å². The monoisotopic (exact) mass is 414 g/mol. The van der Waals surface area contributed by atoms with Crippen LogP contribution in [0.1, 0.15) is 44.6 Å². The van der Waals surface area contributed by atoms with Crippen LogP contribution in [0.2, 0.25) is 0 Å². The zero-order chi connectivity index (χ0) is 21.6. The first-order chi connectivity index (χ1) is 15.1. The van der Waals surface area contributed by atoms with Gasteiger partial charge in [-0.1, -0.05) is 87.2 Å². The molecule has 0 heterocycles. The highest BCUT2D eigenvalue weighted by molar-refractivity contribution is 5.90. The Bertz CT molecular complexity index is 1140. The van der Waals surface area contributed by atoms with Gasteiger partial charge in [-0.15, -0.1) is 0 Å². The van der Waals surface area contributed by atoms with Gasteiger partial charge in [-0.3, -0.25) is 0 Å². The van der Waals surface area contributed by atoms with Crippen LogP contribution in [0.5, 0.6) is 0 Å². The number of halogens is 2. The van der Waals surface area contributed by atoms with Crippen LogP contribution >= 0.6 is 0 Å². The molecule has 0 N–H and O–H groups in total. The lowest BCUT2D eigenvalue weighted by atomic mass is 9.95. The van der Waals surface area contributed by atoms with Gasteiger partial charge in [0.2, 0.25) is 0 Å². The van der Waals surface area contributed by atoms with Gasteiger partial charge in [0.05, 0.1) is 0 Å². The summed E-state index contributed by atoms with van der Waals surface area (Å²) in [4.78, 5) is 0. The number of fused-ring (bicyclic) bond motifs is 1. The van der Waals surface area contributed by atoms with Crippen LogP contribution in [0.25, 0.3) is 33.0 Å². The molecule has 0 aliphatic carbocycles. The molecule has 31 heavy (non-hydrogen) atoms. The van der Waals surface area contributed by atoms with E-state index in [1.165, 1.54) is 60.6 Å². The summed E-state index contributed by atoms with van der Waals surface area (Å²) in [6.45, 7) is 2.25. The third kappa shape index (κ3) is 5.19.